The molecule has 1 spiro atoms. The average molecular weight is 409 g/mol. The van der Waals surface area contributed by atoms with E-state index in [1.807, 2.05) is 11.3 Å². The minimum absolute atomic E-state index is 0.113. The highest BCUT2D eigenvalue weighted by Crippen LogP contribution is 2.37. The van der Waals surface area contributed by atoms with Gasteiger partial charge >= 0.3 is 12.1 Å². The maximum absolute atomic E-state index is 10.6. The van der Waals surface area contributed by atoms with Crippen LogP contribution >= 0.6 is 11.3 Å². The number of carbonyl (C=O) groups is 1. The normalized spacial score (nSPS) is 22.5. The van der Waals surface area contributed by atoms with E-state index in [0.29, 0.717) is 6.10 Å². The number of thiophene rings is 1. The number of hydrogen-bond donors (Lipinski definition) is 1. The Bertz CT molecular complexity index is 612. The molecule has 1 unspecified atom stereocenters. The second kappa shape index (κ2) is 9.36. The number of rotatable bonds is 4. The van der Waals surface area contributed by atoms with Gasteiger partial charge in [0.1, 0.15) is 0 Å². The highest BCUT2D eigenvalue weighted by molar-refractivity contribution is 7.11. The van der Waals surface area contributed by atoms with E-state index < -0.39 is 12.1 Å². The average Bonchev–Trinajstić information content (AvgIpc) is 3.17. The van der Waals surface area contributed by atoms with Gasteiger partial charge in [0.2, 0.25) is 0 Å². The highest BCUT2D eigenvalue weighted by Gasteiger charge is 2.43. The molecule has 1 atom stereocenters. The molecule has 2 aliphatic rings. The summed E-state index contributed by atoms with van der Waals surface area (Å²) in [6.07, 6.45) is -1.36. The Kier molecular flexibility index (Phi) is 7.67. The molecular weight excluding hydrogens is 383 g/mol. The van der Waals surface area contributed by atoms with Crippen molar-refractivity contribution in [1.29, 1.82) is 0 Å². The van der Waals surface area contributed by atoms with Gasteiger partial charge in [-0.3, -0.25) is 4.90 Å². The quantitative estimate of drug-likeness (QED) is 0.819. The van der Waals surface area contributed by atoms with E-state index in [9.17, 15) is 13.2 Å². The van der Waals surface area contributed by atoms with Gasteiger partial charge in [0.25, 0.3) is 0 Å². The van der Waals surface area contributed by atoms with Crippen molar-refractivity contribution < 1.29 is 32.5 Å². The van der Waals surface area contributed by atoms with Crippen molar-refractivity contribution in [2.75, 3.05) is 26.3 Å². The van der Waals surface area contributed by atoms with Crippen LogP contribution in [0.2, 0.25) is 0 Å². The number of likely N-dealkylation sites (tertiary alicyclic amines) is 1. The third-order valence-corrected chi connectivity index (χ3v) is 5.75. The van der Waals surface area contributed by atoms with Gasteiger partial charge in [0.15, 0.2) is 0 Å². The second-order valence-corrected chi connectivity index (χ2v) is 8.24. The molecule has 0 aromatic carbocycles. The molecule has 2 aliphatic heterocycles. The summed E-state index contributed by atoms with van der Waals surface area (Å²) in [5, 5.41) is 7.12. The molecule has 9 heteroatoms. The van der Waals surface area contributed by atoms with Gasteiger partial charge in [0, 0.05) is 42.4 Å². The van der Waals surface area contributed by atoms with Gasteiger partial charge in [-0.25, -0.2) is 4.79 Å². The fraction of sp³-hybridized carbons (Fsp3) is 0.722. The summed E-state index contributed by atoms with van der Waals surface area (Å²) in [5.41, 5.74) is 0.113. The lowest BCUT2D eigenvalue weighted by Gasteiger charge is -2.38. The topological polar surface area (TPSA) is 59.0 Å². The predicted octanol–water partition coefficient (Wildman–Crippen LogP) is 3.85. The standard InChI is InChI=1S/C16H25NO2S.C2HF3O2/c1-3-18-14-10-16(19-12-14)6-8-17(9-7-16)11-15-5-4-13(2)20-15;3-2(4,5)1(6)7/h4-5,14H,3,6-12H2,1-2H3;(H,6,7). The smallest absolute Gasteiger partial charge is 0.475 e. The lowest BCUT2D eigenvalue weighted by Crippen LogP contribution is -2.43. The van der Waals surface area contributed by atoms with E-state index in [1.165, 1.54) is 9.75 Å². The molecule has 5 nitrogen and oxygen atoms in total. The summed E-state index contributed by atoms with van der Waals surface area (Å²) < 4.78 is 43.6. The highest BCUT2D eigenvalue weighted by atomic mass is 32.1. The molecule has 0 aliphatic carbocycles. The van der Waals surface area contributed by atoms with Crippen LogP contribution in [0.5, 0.6) is 0 Å². The number of nitrogens with zero attached hydrogens (tertiary/aromatic N) is 1. The third kappa shape index (κ3) is 6.74. The summed E-state index contributed by atoms with van der Waals surface area (Å²) in [6, 6.07) is 4.49. The van der Waals surface area contributed by atoms with Crippen LogP contribution in [0.15, 0.2) is 12.1 Å². The molecule has 1 N–H and O–H groups in total. The van der Waals surface area contributed by atoms with Crippen molar-refractivity contribution in [3.05, 3.63) is 21.9 Å². The van der Waals surface area contributed by atoms with Crippen LogP contribution in [0, 0.1) is 6.92 Å². The monoisotopic (exact) mass is 409 g/mol. The molecule has 3 heterocycles. The number of carboxylic acids is 1. The van der Waals surface area contributed by atoms with Crippen LogP contribution in [0.4, 0.5) is 13.2 Å². The van der Waals surface area contributed by atoms with Crippen LogP contribution in [0.1, 0.15) is 35.9 Å². The first-order valence-corrected chi connectivity index (χ1v) is 9.78. The molecule has 2 fully saturated rings. The van der Waals surface area contributed by atoms with Crippen molar-refractivity contribution in [2.45, 2.75) is 57.5 Å². The summed E-state index contributed by atoms with van der Waals surface area (Å²) in [4.78, 5) is 14.4. The number of halogens is 3. The fourth-order valence-electron chi connectivity index (χ4n) is 3.40. The minimum Gasteiger partial charge on any atom is -0.475 e. The van der Waals surface area contributed by atoms with Gasteiger partial charge in [-0.15, -0.1) is 11.3 Å². The first-order chi connectivity index (χ1) is 12.6. The lowest BCUT2D eigenvalue weighted by atomic mass is 9.88. The van der Waals surface area contributed by atoms with Crippen LogP contribution < -0.4 is 0 Å². The summed E-state index contributed by atoms with van der Waals surface area (Å²) in [7, 11) is 0. The molecule has 2 saturated heterocycles. The third-order valence-electron chi connectivity index (χ3n) is 4.76. The lowest BCUT2D eigenvalue weighted by molar-refractivity contribution is -0.192. The zero-order chi connectivity index (χ0) is 20.1. The van der Waals surface area contributed by atoms with Crippen molar-refractivity contribution >= 4 is 17.3 Å². The number of carboxylic acid groups (broad SMARTS) is 1. The largest absolute Gasteiger partial charge is 0.490 e. The predicted molar refractivity (Wildman–Crippen MR) is 96.0 cm³/mol. The number of aliphatic carboxylic acids is 1. The number of piperidine rings is 1. The molecule has 3 rings (SSSR count). The van der Waals surface area contributed by atoms with Gasteiger partial charge < -0.3 is 14.6 Å². The van der Waals surface area contributed by atoms with Crippen molar-refractivity contribution in [1.82, 2.24) is 4.90 Å². The Morgan fingerprint density at radius 3 is 2.52 bits per heavy atom. The number of aryl methyl sites for hydroxylation is 1. The molecule has 1 aromatic rings. The number of hydrogen-bond acceptors (Lipinski definition) is 5. The van der Waals surface area contributed by atoms with E-state index >= 15 is 0 Å². The fourth-order valence-corrected chi connectivity index (χ4v) is 4.34. The molecule has 27 heavy (non-hydrogen) atoms. The van der Waals surface area contributed by atoms with Crippen molar-refractivity contribution in [3.8, 4) is 0 Å². The van der Waals surface area contributed by atoms with Crippen LogP contribution in [0.3, 0.4) is 0 Å². The van der Waals surface area contributed by atoms with Crippen molar-refractivity contribution in [3.63, 3.8) is 0 Å². The maximum atomic E-state index is 10.6. The van der Waals surface area contributed by atoms with E-state index in [4.69, 9.17) is 19.4 Å². The molecule has 154 valence electrons. The summed E-state index contributed by atoms with van der Waals surface area (Å²) in [5.74, 6) is -2.76. The number of ether oxygens (including phenoxy) is 2. The van der Waals surface area contributed by atoms with E-state index in [1.54, 1.807) is 0 Å². The van der Waals surface area contributed by atoms with Crippen LogP contribution in [-0.4, -0.2) is 60.2 Å². The zero-order valence-corrected chi connectivity index (χ0v) is 16.4. The molecule has 0 radical (unpaired) electrons. The first-order valence-electron chi connectivity index (χ1n) is 8.97. The summed E-state index contributed by atoms with van der Waals surface area (Å²) >= 11 is 1.92. The summed E-state index contributed by atoms with van der Waals surface area (Å²) in [6.45, 7) is 9.23. The Morgan fingerprint density at radius 2 is 2.04 bits per heavy atom. The SMILES string of the molecule is CCOC1COC2(CCN(Cc3ccc(C)s3)CC2)C1.O=C(O)C(F)(F)F. The van der Waals surface area contributed by atoms with Gasteiger partial charge in [-0.05, 0) is 38.8 Å². The second-order valence-electron chi connectivity index (χ2n) is 6.87. The van der Waals surface area contributed by atoms with E-state index in [-0.39, 0.29) is 5.60 Å². The van der Waals surface area contributed by atoms with Gasteiger partial charge in [0.05, 0.1) is 18.3 Å². The molecular formula is C18H26F3NO4S. The molecule has 0 bridgehead atoms. The minimum atomic E-state index is -5.08. The van der Waals surface area contributed by atoms with E-state index in [0.717, 1.165) is 52.1 Å². The molecule has 0 saturated carbocycles. The zero-order valence-electron chi connectivity index (χ0n) is 15.6. The Labute approximate surface area is 161 Å². The van der Waals surface area contributed by atoms with Crippen molar-refractivity contribution in [2.24, 2.45) is 0 Å². The Hall–Kier alpha value is -1.16. The maximum Gasteiger partial charge on any atom is 0.490 e. The first kappa shape index (κ1) is 22.1. The van der Waals surface area contributed by atoms with Gasteiger partial charge in [-0.1, -0.05) is 0 Å². The van der Waals surface area contributed by atoms with Crippen LogP contribution in [-0.2, 0) is 20.8 Å². The van der Waals surface area contributed by atoms with E-state index in [2.05, 4.69) is 30.9 Å². The molecule has 0 amide bonds. The van der Waals surface area contributed by atoms with Crippen LogP contribution in [0.25, 0.3) is 0 Å². The Balaban J connectivity index is 0.000000321. The Morgan fingerprint density at radius 1 is 1.41 bits per heavy atom. The van der Waals surface area contributed by atoms with Gasteiger partial charge in [-0.2, -0.15) is 13.2 Å². The number of alkyl halides is 3. The molecule has 1 aromatic heterocycles.